The average molecular weight is 460 g/mol. The number of hydrogen-bond donors (Lipinski definition) is 0. The molecule has 4 rings (SSSR count). The number of rotatable bonds is 14. The SMILES string of the molecule is CCCCCCCCCCCC[S+](C)CC(=O)c1ccc2ccc3cccc4ccc1c2c34. The van der Waals surface area contributed by atoms with Gasteiger partial charge in [-0.15, -0.1) is 0 Å². The first-order chi connectivity index (χ1) is 16.2. The minimum atomic E-state index is 0.157. The fourth-order valence-electron chi connectivity index (χ4n) is 5.19. The van der Waals surface area contributed by atoms with E-state index < -0.39 is 0 Å². The molecule has 0 heterocycles. The normalized spacial score (nSPS) is 12.8. The molecule has 0 N–H and O–H groups in total. The number of unbranched alkanes of at least 4 members (excludes halogenated alkanes) is 9. The molecule has 0 spiro atoms. The molecule has 0 bridgehead atoms. The molecule has 174 valence electrons. The molecule has 4 aromatic rings. The van der Waals surface area contributed by atoms with Crippen LogP contribution in [-0.4, -0.2) is 23.5 Å². The molecule has 0 aliphatic heterocycles. The molecule has 1 unspecified atom stereocenters. The summed E-state index contributed by atoms with van der Waals surface area (Å²) in [4.78, 5) is 13.3. The second kappa shape index (κ2) is 11.9. The summed E-state index contributed by atoms with van der Waals surface area (Å²) in [6.45, 7) is 2.28. The molecule has 0 radical (unpaired) electrons. The zero-order valence-corrected chi connectivity index (χ0v) is 21.3. The Kier molecular flexibility index (Phi) is 8.67. The molecule has 0 saturated heterocycles. The van der Waals surface area contributed by atoms with Crippen molar-refractivity contribution in [3.63, 3.8) is 0 Å². The average Bonchev–Trinajstić information content (AvgIpc) is 2.83. The van der Waals surface area contributed by atoms with Crippen molar-refractivity contribution in [2.75, 3.05) is 17.8 Å². The maximum Gasteiger partial charge on any atom is 0.212 e. The van der Waals surface area contributed by atoms with Crippen LogP contribution in [-0.2, 0) is 10.9 Å². The van der Waals surface area contributed by atoms with Crippen LogP contribution in [0, 0.1) is 0 Å². The van der Waals surface area contributed by atoms with Gasteiger partial charge in [-0.1, -0.05) is 107 Å². The molecule has 0 aliphatic rings. The topological polar surface area (TPSA) is 17.1 Å². The zero-order valence-electron chi connectivity index (χ0n) is 20.5. The number of hydrogen-bond acceptors (Lipinski definition) is 1. The summed E-state index contributed by atoms with van der Waals surface area (Å²) in [5.74, 6) is 2.18. The molecule has 0 aliphatic carbocycles. The summed E-state index contributed by atoms with van der Waals surface area (Å²) in [5, 5.41) is 7.41. The quantitative estimate of drug-likeness (QED) is 0.0796. The summed E-state index contributed by atoms with van der Waals surface area (Å²) < 4.78 is 0. The minimum absolute atomic E-state index is 0.157. The maximum atomic E-state index is 13.3. The van der Waals surface area contributed by atoms with Gasteiger partial charge < -0.3 is 0 Å². The standard InChI is InChI=1S/C31H39OS/c1-3-4-5-6-7-8-9-10-11-12-22-33(2)23-29(32)27-20-18-26-17-16-24-14-13-15-25-19-21-28(27)31(26)30(24)25/h13-21H,3-12,22-23H2,1-2H3/q+1. The van der Waals surface area contributed by atoms with Crippen LogP contribution in [0.1, 0.15) is 81.5 Å². The molecular formula is C31H39OS+. The van der Waals surface area contributed by atoms with E-state index in [-0.39, 0.29) is 10.9 Å². The van der Waals surface area contributed by atoms with Crippen molar-refractivity contribution in [3.05, 3.63) is 60.2 Å². The van der Waals surface area contributed by atoms with Crippen LogP contribution in [0.3, 0.4) is 0 Å². The highest BCUT2D eigenvalue weighted by Gasteiger charge is 2.21. The first-order valence-corrected chi connectivity index (χ1v) is 14.9. The van der Waals surface area contributed by atoms with E-state index in [0.29, 0.717) is 11.5 Å². The second-order valence-electron chi connectivity index (χ2n) is 9.70. The van der Waals surface area contributed by atoms with Gasteiger partial charge in [-0.25, -0.2) is 0 Å². The summed E-state index contributed by atoms with van der Waals surface area (Å²) in [7, 11) is 0.157. The number of Topliss-reactive ketones (excluding diaryl/α,β-unsaturated/α-hetero) is 1. The summed E-state index contributed by atoms with van der Waals surface area (Å²) in [5.41, 5.74) is 0.906. The van der Waals surface area contributed by atoms with Crippen molar-refractivity contribution in [2.45, 2.75) is 71.1 Å². The van der Waals surface area contributed by atoms with E-state index in [1.165, 1.54) is 96.9 Å². The molecule has 4 aromatic carbocycles. The van der Waals surface area contributed by atoms with Gasteiger partial charge in [-0.3, -0.25) is 4.79 Å². The van der Waals surface area contributed by atoms with E-state index in [9.17, 15) is 4.79 Å². The van der Waals surface area contributed by atoms with Crippen LogP contribution in [0.25, 0.3) is 32.3 Å². The second-order valence-corrected chi connectivity index (χ2v) is 12.0. The van der Waals surface area contributed by atoms with Crippen LogP contribution in [0.15, 0.2) is 54.6 Å². The lowest BCUT2D eigenvalue weighted by atomic mass is 9.91. The minimum Gasteiger partial charge on any atom is -0.289 e. The molecule has 0 amide bonds. The number of carbonyl (C=O) groups is 1. The Balaban J connectivity index is 1.30. The maximum absolute atomic E-state index is 13.3. The third-order valence-corrected chi connectivity index (χ3v) is 8.79. The Hall–Kier alpha value is -2.06. The number of carbonyl (C=O) groups excluding carboxylic acids is 1. The molecule has 1 nitrogen and oxygen atoms in total. The first-order valence-electron chi connectivity index (χ1n) is 13.0. The van der Waals surface area contributed by atoms with Crippen molar-refractivity contribution in [1.29, 1.82) is 0 Å². The Labute approximate surface area is 202 Å². The van der Waals surface area contributed by atoms with Crippen LogP contribution >= 0.6 is 0 Å². The van der Waals surface area contributed by atoms with E-state index in [2.05, 4.69) is 67.8 Å². The largest absolute Gasteiger partial charge is 0.289 e. The zero-order chi connectivity index (χ0) is 23.0. The highest BCUT2D eigenvalue weighted by Crippen LogP contribution is 2.36. The molecule has 1 atom stereocenters. The first kappa shape index (κ1) is 24.1. The Morgan fingerprint density at radius 3 is 1.88 bits per heavy atom. The lowest BCUT2D eigenvalue weighted by Gasteiger charge is -2.13. The van der Waals surface area contributed by atoms with Crippen LogP contribution in [0.5, 0.6) is 0 Å². The van der Waals surface area contributed by atoms with Crippen LogP contribution < -0.4 is 0 Å². The van der Waals surface area contributed by atoms with E-state index in [1.54, 1.807) is 0 Å². The lowest BCUT2D eigenvalue weighted by Crippen LogP contribution is -2.18. The van der Waals surface area contributed by atoms with E-state index in [1.807, 2.05) is 0 Å². The summed E-state index contributed by atoms with van der Waals surface area (Å²) in [6.07, 6.45) is 16.0. The van der Waals surface area contributed by atoms with Crippen molar-refractivity contribution in [2.24, 2.45) is 0 Å². The summed E-state index contributed by atoms with van der Waals surface area (Å²) >= 11 is 0. The van der Waals surface area contributed by atoms with E-state index >= 15 is 0 Å². The van der Waals surface area contributed by atoms with Crippen LogP contribution in [0.4, 0.5) is 0 Å². The fourth-order valence-corrected chi connectivity index (χ4v) is 6.63. The lowest BCUT2D eigenvalue weighted by molar-refractivity contribution is 0.102. The van der Waals surface area contributed by atoms with Gasteiger partial charge in [0.25, 0.3) is 0 Å². The van der Waals surface area contributed by atoms with Crippen LogP contribution in [0.2, 0.25) is 0 Å². The van der Waals surface area contributed by atoms with Crippen molar-refractivity contribution < 1.29 is 4.79 Å². The molecule has 0 aromatic heterocycles. The molecule has 2 heteroatoms. The van der Waals surface area contributed by atoms with Crippen molar-refractivity contribution >= 4 is 49.0 Å². The predicted octanol–water partition coefficient (Wildman–Crippen LogP) is 8.94. The van der Waals surface area contributed by atoms with Gasteiger partial charge in [0, 0.05) is 5.56 Å². The highest BCUT2D eigenvalue weighted by molar-refractivity contribution is 7.96. The van der Waals surface area contributed by atoms with Crippen molar-refractivity contribution in [1.82, 2.24) is 0 Å². The highest BCUT2D eigenvalue weighted by atomic mass is 32.2. The smallest absolute Gasteiger partial charge is 0.212 e. The van der Waals surface area contributed by atoms with E-state index in [4.69, 9.17) is 0 Å². The monoisotopic (exact) mass is 459 g/mol. The predicted molar refractivity (Wildman–Crippen MR) is 149 cm³/mol. The summed E-state index contributed by atoms with van der Waals surface area (Å²) in [6, 6.07) is 19.4. The van der Waals surface area contributed by atoms with Crippen molar-refractivity contribution in [3.8, 4) is 0 Å². The van der Waals surface area contributed by atoms with Gasteiger partial charge in [0.1, 0.15) is 5.75 Å². The third-order valence-electron chi connectivity index (χ3n) is 7.05. The van der Waals surface area contributed by atoms with Gasteiger partial charge in [0.2, 0.25) is 5.78 Å². The Morgan fingerprint density at radius 2 is 1.21 bits per heavy atom. The Bertz CT molecular complexity index is 1160. The van der Waals surface area contributed by atoms with E-state index in [0.717, 1.165) is 10.9 Å². The van der Waals surface area contributed by atoms with Gasteiger partial charge in [-0.2, -0.15) is 0 Å². The molecule has 0 fully saturated rings. The Morgan fingerprint density at radius 1 is 0.667 bits per heavy atom. The fraction of sp³-hybridized carbons (Fsp3) is 0.452. The molecule has 0 saturated carbocycles. The number of benzene rings is 4. The molecular weight excluding hydrogens is 420 g/mol. The third kappa shape index (κ3) is 5.90. The van der Waals surface area contributed by atoms with Gasteiger partial charge in [0.05, 0.1) is 6.26 Å². The van der Waals surface area contributed by atoms with Gasteiger partial charge in [-0.05, 0) is 62.1 Å². The van der Waals surface area contributed by atoms with Gasteiger partial charge in [0.15, 0.2) is 5.75 Å². The molecule has 33 heavy (non-hydrogen) atoms. The number of ketones is 1. The van der Waals surface area contributed by atoms with Gasteiger partial charge >= 0.3 is 0 Å².